The van der Waals surface area contributed by atoms with Gasteiger partial charge in [0.1, 0.15) is 5.75 Å². The van der Waals surface area contributed by atoms with E-state index in [1.54, 1.807) is 0 Å². The van der Waals surface area contributed by atoms with Gasteiger partial charge < -0.3 is 15.2 Å². The fourth-order valence-electron chi connectivity index (χ4n) is 2.69. The van der Waals surface area contributed by atoms with E-state index in [4.69, 9.17) is 9.84 Å². The maximum Gasteiger partial charge on any atom is 0.303 e. The number of rotatable bonds is 10. The Bertz CT molecular complexity index is 698. The van der Waals surface area contributed by atoms with Crippen molar-refractivity contribution < 1.29 is 19.4 Å². The number of aliphatic carboxylic acids is 1. The number of hydrogen-bond donors (Lipinski definition) is 2. The van der Waals surface area contributed by atoms with Gasteiger partial charge in [0.15, 0.2) is 0 Å². The third-order valence-electron chi connectivity index (χ3n) is 4.12. The molecule has 1 unspecified atom stereocenters. The number of carboxylic acid groups (broad SMARTS) is 1. The third kappa shape index (κ3) is 6.24. The molecule has 5 nitrogen and oxygen atoms in total. The minimum atomic E-state index is -0.819. The summed E-state index contributed by atoms with van der Waals surface area (Å²) < 4.78 is 5.50. The number of hydrogen-bond acceptors (Lipinski definition) is 3. The lowest BCUT2D eigenvalue weighted by Crippen LogP contribution is -2.28. The molecule has 2 aromatic carbocycles. The molecule has 0 heterocycles. The Balaban J connectivity index is 1.81. The Kier molecular flexibility index (Phi) is 7.68. The number of carbonyl (C=O) groups excluding carboxylic acids is 1. The van der Waals surface area contributed by atoms with Gasteiger partial charge in [-0.25, -0.2) is 0 Å². The zero-order valence-electron chi connectivity index (χ0n) is 15.0. The minimum absolute atomic E-state index is 0.0210. The summed E-state index contributed by atoms with van der Waals surface area (Å²) in [5, 5.41) is 11.6. The molecule has 2 aromatic rings. The zero-order valence-corrected chi connectivity index (χ0v) is 15.0. The molecule has 0 aromatic heterocycles. The number of ether oxygens (including phenoxy) is 1. The number of carboxylic acids is 1. The number of amides is 1. The van der Waals surface area contributed by atoms with Crippen LogP contribution in [0.1, 0.15) is 43.2 Å². The smallest absolute Gasteiger partial charge is 0.303 e. The second-order valence-electron chi connectivity index (χ2n) is 6.08. The third-order valence-corrected chi connectivity index (χ3v) is 4.12. The Morgan fingerprint density at radius 3 is 2.38 bits per heavy atom. The van der Waals surface area contributed by atoms with Crippen LogP contribution in [0.25, 0.3) is 0 Å². The maximum atomic E-state index is 12.5. The monoisotopic (exact) mass is 355 g/mol. The lowest BCUT2D eigenvalue weighted by molar-refractivity contribution is -0.137. The van der Waals surface area contributed by atoms with Crippen molar-refractivity contribution in [3.63, 3.8) is 0 Å². The first kappa shape index (κ1) is 19.5. The van der Waals surface area contributed by atoms with Crippen molar-refractivity contribution in [2.24, 2.45) is 0 Å². The van der Waals surface area contributed by atoms with Crippen LogP contribution in [0.5, 0.6) is 5.75 Å². The number of nitrogens with one attached hydrogen (secondary N) is 1. The van der Waals surface area contributed by atoms with E-state index in [0.717, 1.165) is 17.5 Å². The first-order valence-corrected chi connectivity index (χ1v) is 8.86. The summed E-state index contributed by atoms with van der Waals surface area (Å²) in [7, 11) is 0. The molecule has 0 saturated heterocycles. The average Bonchev–Trinajstić information content (AvgIpc) is 2.66. The van der Waals surface area contributed by atoms with E-state index in [9.17, 15) is 9.59 Å². The second-order valence-corrected chi connectivity index (χ2v) is 6.08. The summed E-state index contributed by atoms with van der Waals surface area (Å²) in [6, 6.07) is 17.2. The Morgan fingerprint density at radius 2 is 1.77 bits per heavy atom. The summed E-state index contributed by atoms with van der Waals surface area (Å²) in [6.45, 7) is 2.84. The molecule has 0 aliphatic rings. The molecule has 0 bridgehead atoms. The van der Waals surface area contributed by atoms with Crippen LogP contribution in [0.2, 0.25) is 0 Å². The molecule has 26 heavy (non-hydrogen) atoms. The zero-order chi connectivity index (χ0) is 18.8. The highest BCUT2D eigenvalue weighted by Crippen LogP contribution is 2.19. The number of benzene rings is 2. The van der Waals surface area contributed by atoms with Crippen LogP contribution in [-0.2, 0) is 16.1 Å². The van der Waals surface area contributed by atoms with Gasteiger partial charge in [0.25, 0.3) is 0 Å². The molecule has 0 saturated carbocycles. The molecular weight excluding hydrogens is 330 g/mol. The summed E-state index contributed by atoms with van der Waals surface area (Å²) in [6.07, 6.45) is 1.33. The lowest BCUT2D eigenvalue weighted by atomic mass is 9.95. The van der Waals surface area contributed by atoms with Crippen LogP contribution in [0, 0.1) is 0 Å². The Morgan fingerprint density at radius 1 is 1.08 bits per heavy atom. The van der Waals surface area contributed by atoms with E-state index in [2.05, 4.69) is 5.32 Å². The topological polar surface area (TPSA) is 75.6 Å². The quantitative estimate of drug-likeness (QED) is 0.637. The van der Waals surface area contributed by atoms with Gasteiger partial charge in [-0.3, -0.25) is 9.59 Å². The van der Waals surface area contributed by atoms with Crippen molar-refractivity contribution in [1.29, 1.82) is 0 Å². The maximum absolute atomic E-state index is 12.5. The molecule has 0 spiro atoms. The standard InChI is InChI=1S/C21H25NO4/c1-2-19(17-7-4-3-5-8-17)21(25)22-15-16-10-12-18(13-11-16)26-14-6-9-20(23)24/h3-5,7-8,10-13,19H,2,6,9,14-15H2,1H3,(H,22,25)(H,23,24). The fraction of sp³-hybridized carbons (Fsp3) is 0.333. The highest BCUT2D eigenvalue weighted by atomic mass is 16.5. The minimum Gasteiger partial charge on any atom is -0.494 e. The van der Waals surface area contributed by atoms with Gasteiger partial charge in [-0.15, -0.1) is 0 Å². The van der Waals surface area contributed by atoms with Crippen molar-refractivity contribution in [2.45, 2.75) is 38.6 Å². The largest absolute Gasteiger partial charge is 0.494 e. The van der Waals surface area contributed by atoms with Gasteiger partial charge in [0.05, 0.1) is 12.5 Å². The van der Waals surface area contributed by atoms with Crippen molar-refractivity contribution >= 4 is 11.9 Å². The van der Waals surface area contributed by atoms with Crippen molar-refractivity contribution in [3.8, 4) is 5.75 Å². The fourth-order valence-corrected chi connectivity index (χ4v) is 2.69. The van der Waals surface area contributed by atoms with Crippen molar-refractivity contribution in [3.05, 3.63) is 65.7 Å². The summed E-state index contributed by atoms with van der Waals surface area (Å²) in [5.74, 6) is -0.248. The van der Waals surface area contributed by atoms with Crippen LogP contribution >= 0.6 is 0 Å². The summed E-state index contributed by atoms with van der Waals surface area (Å²) >= 11 is 0. The van der Waals surface area contributed by atoms with E-state index in [1.165, 1.54) is 0 Å². The van der Waals surface area contributed by atoms with Gasteiger partial charge in [-0.1, -0.05) is 49.4 Å². The Hall–Kier alpha value is -2.82. The van der Waals surface area contributed by atoms with E-state index in [1.807, 2.05) is 61.5 Å². The van der Waals surface area contributed by atoms with Crippen LogP contribution in [0.4, 0.5) is 0 Å². The molecular formula is C21H25NO4. The molecule has 0 aliphatic carbocycles. The van der Waals surface area contributed by atoms with Crippen molar-refractivity contribution in [1.82, 2.24) is 5.32 Å². The van der Waals surface area contributed by atoms with Crippen molar-refractivity contribution in [2.75, 3.05) is 6.61 Å². The summed E-state index contributed by atoms with van der Waals surface area (Å²) in [4.78, 5) is 22.9. The molecule has 1 atom stereocenters. The van der Waals surface area contributed by atoms with E-state index in [-0.39, 0.29) is 18.2 Å². The lowest BCUT2D eigenvalue weighted by Gasteiger charge is -2.15. The predicted molar refractivity (Wildman–Crippen MR) is 100 cm³/mol. The van der Waals surface area contributed by atoms with Crippen LogP contribution in [-0.4, -0.2) is 23.6 Å². The second kappa shape index (κ2) is 10.2. The van der Waals surface area contributed by atoms with E-state index in [0.29, 0.717) is 25.3 Å². The van der Waals surface area contributed by atoms with Gasteiger partial charge in [0, 0.05) is 13.0 Å². The number of carbonyl (C=O) groups is 2. The van der Waals surface area contributed by atoms with Gasteiger partial charge >= 0.3 is 5.97 Å². The first-order valence-electron chi connectivity index (χ1n) is 8.86. The highest BCUT2D eigenvalue weighted by Gasteiger charge is 2.17. The van der Waals surface area contributed by atoms with E-state index < -0.39 is 5.97 Å². The van der Waals surface area contributed by atoms with Crippen LogP contribution < -0.4 is 10.1 Å². The molecule has 2 rings (SSSR count). The molecule has 2 N–H and O–H groups in total. The molecule has 0 fully saturated rings. The predicted octanol–water partition coefficient (Wildman–Crippen LogP) is 3.74. The van der Waals surface area contributed by atoms with Crippen LogP contribution in [0.15, 0.2) is 54.6 Å². The first-order chi connectivity index (χ1) is 12.6. The normalized spacial score (nSPS) is 11.6. The highest BCUT2D eigenvalue weighted by molar-refractivity contribution is 5.83. The molecule has 0 radical (unpaired) electrons. The average molecular weight is 355 g/mol. The van der Waals surface area contributed by atoms with Gasteiger partial charge in [-0.05, 0) is 36.1 Å². The summed E-state index contributed by atoms with van der Waals surface area (Å²) in [5.41, 5.74) is 2.01. The molecule has 5 heteroatoms. The van der Waals surface area contributed by atoms with Gasteiger partial charge in [-0.2, -0.15) is 0 Å². The Labute approximate surface area is 154 Å². The SMILES string of the molecule is CCC(C(=O)NCc1ccc(OCCCC(=O)O)cc1)c1ccccc1. The van der Waals surface area contributed by atoms with Gasteiger partial charge in [0.2, 0.25) is 5.91 Å². The van der Waals surface area contributed by atoms with E-state index >= 15 is 0 Å². The molecule has 0 aliphatic heterocycles. The molecule has 138 valence electrons. The van der Waals surface area contributed by atoms with Crippen LogP contribution in [0.3, 0.4) is 0 Å². The molecule has 1 amide bonds.